The summed E-state index contributed by atoms with van der Waals surface area (Å²) < 4.78 is 6.47. The minimum Gasteiger partial charge on any atom is -0.370 e. The van der Waals surface area contributed by atoms with Crippen molar-refractivity contribution in [3.8, 4) is 0 Å². The Morgan fingerprint density at radius 2 is 1.64 bits per heavy atom. The monoisotopic (exact) mass is 386 g/mol. The lowest BCUT2D eigenvalue weighted by Gasteiger charge is -2.39. The van der Waals surface area contributed by atoms with Gasteiger partial charge in [0.15, 0.2) is 0 Å². The molecule has 0 spiro atoms. The summed E-state index contributed by atoms with van der Waals surface area (Å²) in [4.78, 5) is 0. The Morgan fingerprint density at radius 1 is 0.964 bits per heavy atom. The molecule has 0 aromatic carbocycles. The van der Waals surface area contributed by atoms with Gasteiger partial charge in [-0.1, -0.05) is 98.5 Å². The number of rotatable bonds is 10. The molecule has 0 bridgehead atoms. The van der Waals surface area contributed by atoms with Crippen LogP contribution in [0.4, 0.5) is 0 Å². The Hall–Kier alpha value is -0.820. The second kappa shape index (κ2) is 9.79. The number of hydrogen-bond acceptors (Lipinski definition) is 1. The van der Waals surface area contributed by atoms with E-state index in [1.165, 1.54) is 56.1 Å². The molecule has 160 valence electrons. The van der Waals surface area contributed by atoms with Crippen LogP contribution < -0.4 is 0 Å². The predicted octanol–water partition coefficient (Wildman–Crippen LogP) is 8.42. The van der Waals surface area contributed by atoms with Gasteiger partial charge in [0.05, 0.1) is 12.2 Å². The summed E-state index contributed by atoms with van der Waals surface area (Å²) in [6, 6.07) is 0. The van der Waals surface area contributed by atoms with Gasteiger partial charge in [0.25, 0.3) is 0 Å². The van der Waals surface area contributed by atoms with Crippen LogP contribution in [-0.4, -0.2) is 12.2 Å². The molecule has 2 rings (SSSR count). The first kappa shape index (κ1) is 23.5. The molecule has 1 heteroatoms. The van der Waals surface area contributed by atoms with Crippen molar-refractivity contribution in [2.24, 2.45) is 16.7 Å². The fourth-order valence-electron chi connectivity index (χ4n) is 4.70. The molecule has 2 aliphatic carbocycles. The van der Waals surface area contributed by atoms with Crippen LogP contribution in [0, 0.1) is 16.7 Å². The van der Waals surface area contributed by atoms with Crippen LogP contribution in [0.2, 0.25) is 0 Å². The van der Waals surface area contributed by atoms with Crippen LogP contribution in [0.1, 0.15) is 106 Å². The van der Waals surface area contributed by atoms with Gasteiger partial charge < -0.3 is 4.74 Å². The lowest BCUT2D eigenvalue weighted by molar-refractivity contribution is -0.0307. The molecule has 1 nitrogen and oxygen atoms in total. The molecule has 0 aromatic rings. The van der Waals surface area contributed by atoms with Crippen molar-refractivity contribution < 1.29 is 4.74 Å². The van der Waals surface area contributed by atoms with E-state index in [0.717, 1.165) is 19.4 Å². The fourth-order valence-corrected chi connectivity index (χ4v) is 4.70. The van der Waals surface area contributed by atoms with E-state index in [-0.39, 0.29) is 5.60 Å². The van der Waals surface area contributed by atoms with Crippen molar-refractivity contribution in [2.75, 3.05) is 6.61 Å². The molecule has 0 heterocycles. The third-order valence-electron chi connectivity index (χ3n) is 7.90. The topological polar surface area (TPSA) is 9.23 Å². The number of hydrogen-bond donors (Lipinski definition) is 0. The van der Waals surface area contributed by atoms with Gasteiger partial charge in [-0.25, -0.2) is 0 Å². The van der Waals surface area contributed by atoms with Gasteiger partial charge in [-0.05, 0) is 60.0 Å². The summed E-state index contributed by atoms with van der Waals surface area (Å²) >= 11 is 0. The summed E-state index contributed by atoms with van der Waals surface area (Å²) in [6.45, 7) is 17.5. The first-order chi connectivity index (χ1) is 13.2. The van der Waals surface area contributed by atoms with Crippen molar-refractivity contribution in [1.29, 1.82) is 0 Å². The third-order valence-corrected chi connectivity index (χ3v) is 7.90. The summed E-state index contributed by atoms with van der Waals surface area (Å²) in [5, 5.41) is 0. The average Bonchev–Trinajstić information content (AvgIpc) is 3.03. The van der Waals surface area contributed by atoms with Gasteiger partial charge in [0.2, 0.25) is 0 Å². The van der Waals surface area contributed by atoms with Crippen molar-refractivity contribution in [3.63, 3.8) is 0 Å². The van der Waals surface area contributed by atoms with Crippen LogP contribution in [-0.2, 0) is 4.74 Å². The quantitative estimate of drug-likeness (QED) is 0.366. The molecule has 0 N–H and O–H groups in total. The predicted molar refractivity (Wildman–Crippen MR) is 124 cm³/mol. The first-order valence-electron chi connectivity index (χ1n) is 11.9. The van der Waals surface area contributed by atoms with E-state index >= 15 is 0 Å². The largest absolute Gasteiger partial charge is 0.370 e. The van der Waals surface area contributed by atoms with Crippen LogP contribution >= 0.6 is 0 Å². The molecular formula is C27H46O. The molecule has 0 aromatic heterocycles. The Kier molecular flexibility index (Phi) is 8.20. The van der Waals surface area contributed by atoms with E-state index in [9.17, 15) is 0 Å². The van der Waals surface area contributed by atoms with E-state index in [4.69, 9.17) is 4.74 Å². The lowest BCUT2D eigenvalue weighted by Crippen LogP contribution is -2.29. The Morgan fingerprint density at radius 3 is 2.21 bits per heavy atom. The molecule has 2 aliphatic rings. The smallest absolute Gasteiger partial charge is 0.0721 e. The van der Waals surface area contributed by atoms with Crippen LogP contribution in [0.25, 0.3) is 0 Å². The van der Waals surface area contributed by atoms with E-state index < -0.39 is 0 Å². The van der Waals surface area contributed by atoms with E-state index in [0.29, 0.717) is 16.7 Å². The maximum absolute atomic E-state index is 6.47. The Labute approximate surface area is 175 Å². The van der Waals surface area contributed by atoms with Crippen molar-refractivity contribution in [3.05, 3.63) is 35.5 Å². The highest BCUT2D eigenvalue weighted by Crippen LogP contribution is 2.45. The highest BCUT2D eigenvalue weighted by Gasteiger charge is 2.35. The van der Waals surface area contributed by atoms with E-state index in [1.54, 1.807) is 0 Å². The van der Waals surface area contributed by atoms with Gasteiger partial charge in [0.1, 0.15) is 0 Å². The minimum atomic E-state index is 0.148. The molecule has 1 saturated carbocycles. The molecule has 0 amide bonds. The molecule has 28 heavy (non-hydrogen) atoms. The molecular weight excluding hydrogens is 340 g/mol. The fraction of sp³-hybridized carbons (Fsp3) is 0.778. The highest BCUT2D eigenvalue weighted by molar-refractivity contribution is 5.35. The molecule has 1 fully saturated rings. The van der Waals surface area contributed by atoms with Gasteiger partial charge in [-0.3, -0.25) is 0 Å². The molecule has 0 radical (unpaired) electrons. The zero-order valence-corrected chi connectivity index (χ0v) is 19.9. The maximum Gasteiger partial charge on any atom is 0.0721 e. The third kappa shape index (κ3) is 6.09. The van der Waals surface area contributed by atoms with E-state index in [2.05, 4.69) is 72.8 Å². The Balaban J connectivity index is 2.09. The normalized spacial score (nSPS) is 21.2. The highest BCUT2D eigenvalue weighted by atomic mass is 16.5. The first-order valence-corrected chi connectivity index (χ1v) is 11.9. The minimum absolute atomic E-state index is 0.148. The average molecular weight is 387 g/mol. The van der Waals surface area contributed by atoms with Crippen molar-refractivity contribution in [1.82, 2.24) is 0 Å². The summed E-state index contributed by atoms with van der Waals surface area (Å²) in [6.07, 6.45) is 20.6. The SMILES string of the molecule is CCC(C)(C)CC(C1=CCC=C(COC2(CC)CCCC2)C=C1)C(C)(C)CC. The molecule has 0 saturated heterocycles. The van der Waals surface area contributed by atoms with Gasteiger partial charge in [-0.15, -0.1) is 0 Å². The number of ether oxygens (including phenoxy) is 1. The summed E-state index contributed by atoms with van der Waals surface area (Å²) in [5.74, 6) is 0.606. The Bertz CT molecular complexity index is 581. The number of allylic oxidation sites excluding steroid dienone is 4. The van der Waals surface area contributed by atoms with Gasteiger partial charge in [0, 0.05) is 0 Å². The van der Waals surface area contributed by atoms with Crippen molar-refractivity contribution in [2.45, 2.75) is 112 Å². The zero-order chi connectivity index (χ0) is 20.8. The van der Waals surface area contributed by atoms with Crippen LogP contribution in [0.15, 0.2) is 35.5 Å². The van der Waals surface area contributed by atoms with E-state index in [1.807, 2.05) is 0 Å². The zero-order valence-electron chi connectivity index (χ0n) is 19.9. The van der Waals surface area contributed by atoms with Crippen molar-refractivity contribution >= 4 is 0 Å². The second-order valence-corrected chi connectivity index (χ2v) is 10.7. The second-order valence-electron chi connectivity index (χ2n) is 10.7. The summed E-state index contributed by atoms with van der Waals surface area (Å²) in [7, 11) is 0. The van der Waals surface area contributed by atoms with Gasteiger partial charge in [-0.2, -0.15) is 0 Å². The molecule has 1 atom stereocenters. The lowest BCUT2D eigenvalue weighted by atomic mass is 9.65. The summed E-state index contributed by atoms with van der Waals surface area (Å²) in [5.41, 5.74) is 3.74. The molecule has 0 aliphatic heterocycles. The van der Waals surface area contributed by atoms with Crippen LogP contribution in [0.5, 0.6) is 0 Å². The van der Waals surface area contributed by atoms with Gasteiger partial charge >= 0.3 is 0 Å². The maximum atomic E-state index is 6.47. The van der Waals surface area contributed by atoms with Crippen LogP contribution in [0.3, 0.4) is 0 Å². The standard InChI is InChI=1S/C27H46O/c1-8-25(4,5)20-24(26(6,7)9-2)23-15-13-14-22(16-17-23)21-28-27(10-3)18-11-12-19-27/h14-17,24H,8-13,18-21H2,1-7H3. The molecule has 1 unspecified atom stereocenters.